The number of carboxylic acid groups (broad SMARTS) is 1. The summed E-state index contributed by atoms with van der Waals surface area (Å²) in [7, 11) is 3.98. The molecule has 6 nitrogen and oxygen atoms in total. The SMILES string of the molecule is Cc1[nH]c(C(=O)O)c(C)c1C(=O)NCC(C)(C)CN(C)C. The van der Waals surface area contributed by atoms with Gasteiger partial charge in [-0.2, -0.15) is 0 Å². The highest BCUT2D eigenvalue weighted by Gasteiger charge is 2.24. The summed E-state index contributed by atoms with van der Waals surface area (Å²) in [4.78, 5) is 28.2. The Hall–Kier alpha value is -1.82. The van der Waals surface area contributed by atoms with Crippen LogP contribution >= 0.6 is 0 Å². The van der Waals surface area contributed by atoms with Crippen LogP contribution in [0.1, 0.15) is 46.0 Å². The average molecular weight is 295 g/mol. The zero-order chi connectivity index (χ0) is 16.4. The number of aromatic amines is 1. The molecule has 1 rings (SSSR count). The first-order valence-electron chi connectivity index (χ1n) is 6.90. The van der Waals surface area contributed by atoms with E-state index in [1.807, 2.05) is 14.1 Å². The molecule has 1 heterocycles. The molecule has 6 heteroatoms. The number of aromatic carboxylic acids is 1. The van der Waals surface area contributed by atoms with Crippen LogP contribution in [0, 0.1) is 19.3 Å². The van der Waals surface area contributed by atoms with E-state index in [2.05, 4.69) is 29.0 Å². The molecule has 1 aromatic heterocycles. The van der Waals surface area contributed by atoms with Gasteiger partial charge in [-0.1, -0.05) is 13.8 Å². The van der Waals surface area contributed by atoms with Gasteiger partial charge in [-0.15, -0.1) is 0 Å². The topological polar surface area (TPSA) is 85.4 Å². The molecule has 0 unspecified atom stereocenters. The van der Waals surface area contributed by atoms with Crippen molar-refractivity contribution in [2.45, 2.75) is 27.7 Å². The van der Waals surface area contributed by atoms with Gasteiger partial charge < -0.3 is 20.3 Å². The van der Waals surface area contributed by atoms with Gasteiger partial charge >= 0.3 is 5.97 Å². The minimum absolute atomic E-state index is 0.0626. The second-order valence-electron chi connectivity index (χ2n) is 6.51. The largest absolute Gasteiger partial charge is 0.477 e. The summed E-state index contributed by atoms with van der Waals surface area (Å²) in [6.07, 6.45) is 0. The monoisotopic (exact) mass is 295 g/mol. The smallest absolute Gasteiger partial charge is 0.352 e. The molecule has 0 bridgehead atoms. The fraction of sp³-hybridized carbons (Fsp3) is 0.600. The number of aromatic nitrogens is 1. The van der Waals surface area contributed by atoms with E-state index in [4.69, 9.17) is 5.11 Å². The Kier molecular flexibility index (Phi) is 5.17. The van der Waals surface area contributed by atoms with E-state index in [0.717, 1.165) is 6.54 Å². The molecular formula is C15H25N3O3. The van der Waals surface area contributed by atoms with Crippen molar-refractivity contribution in [1.29, 1.82) is 0 Å². The predicted molar refractivity (Wildman–Crippen MR) is 81.9 cm³/mol. The van der Waals surface area contributed by atoms with Crippen molar-refractivity contribution in [3.63, 3.8) is 0 Å². The molecule has 1 amide bonds. The molecule has 0 aliphatic heterocycles. The number of carbonyl (C=O) groups is 2. The van der Waals surface area contributed by atoms with Gasteiger partial charge in [-0.25, -0.2) is 4.79 Å². The minimum Gasteiger partial charge on any atom is -0.477 e. The van der Waals surface area contributed by atoms with Gasteiger partial charge in [0.15, 0.2) is 0 Å². The number of carbonyl (C=O) groups excluding carboxylic acids is 1. The Morgan fingerprint density at radius 2 is 1.86 bits per heavy atom. The normalized spacial score (nSPS) is 11.8. The van der Waals surface area contributed by atoms with Crippen molar-refractivity contribution < 1.29 is 14.7 Å². The van der Waals surface area contributed by atoms with Gasteiger partial charge in [0.1, 0.15) is 5.69 Å². The van der Waals surface area contributed by atoms with E-state index < -0.39 is 5.97 Å². The lowest BCUT2D eigenvalue weighted by Crippen LogP contribution is -2.40. The molecule has 0 aliphatic rings. The van der Waals surface area contributed by atoms with E-state index in [1.54, 1.807) is 13.8 Å². The number of nitrogens with one attached hydrogen (secondary N) is 2. The first-order chi connectivity index (χ1) is 9.55. The van der Waals surface area contributed by atoms with Crippen LogP contribution in [-0.2, 0) is 0 Å². The van der Waals surface area contributed by atoms with Crippen molar-refractivity contribution in [3.05, 3.63) is 22.5 Å². The summed E-state index contributed by atoms with van der Waals surface area (Å²) < 4.78 is 0. The molecule has 0 radical (unpaired) electrons. The lowest BCUT2D eigenvalue weighted by atomic mass is 9.92. The Morgan fingerprint density at radius 1 is 1.29 bits per heavy atom. The second-order valence-corrected chi connectivity index (χ2v) is 6.51. The quantitative estimate of drug-likeness (QED) is 0.745. The molecule has 0 fully saturated rings. The molecule has 0 saturated heterocycles. The van der Waals surface area contributed by atoms with E-state index in [0.29, 0.717) is 23.4 Å². The standard InChI is InChI=1S/C15H25N3O3/c1-9-11(10(2)17-12(9)14(20)21)13(19)16-7-15(3,4)8-18(5)6/h17H,7-8H2,1-6H3,(H,16,19)(H,20,21). The summed E-state index contributed by atoms with van der Waals surface area (Å²) in [5.74, 6) is -1.29. The fourth-order valence-corrected chi connectivity index (χ4v) is 2.62. The maximum Gasteiger partial charge on any atom is 0.352 e. The van der Waals surface area contributed by atoms with Gasteiger partial charge in [0.2, 0.25) is 0 Å². The number of hydrogen-bond donors (Lipinski definition) is 3. The maximum atomic E-state index is 12.3. The van der Waals surface area contributed by atoms with Gasteiger partial charge in [0.25, 0.3) is 5.91 Å². The predicted octanol–water partition coefficient (Wildman–Crippen LogP) is 1.65. The summed E-state index contributed by atoms with van der Waals surface area (Å²) in [5.41, 5.74) is 1.49. The molecule has 118 valence electrons. The molecule has 21 heavy (non-hydrogen) atoms. The summed E-state index contributed by atoms with van der Waals surface area (Å²) >= 11 is 0. The van der Waals surface area contributed by atoms with Crippen LogP contribution < -0.4 is 5.32 Å². The zero-order valence-electron chi connectivity index (χ0n) is 13.6. The number of amides is 1. The van der Waals surface area contributed by atoms with Crippen LogP contribution in [-0.4, -0.2) is 54.1 Å². The third-order valence-corrected chi connectivity index (χ3v) is 3.35. The Morgan fingerprint density at radius 3 is 2.29 bits per heavy atom. The van der Waals surface area contributed by atoms with Gasteiger partial charge in [-0.3, -0.25) is 4.79 Å². The second kappa shape index (κ2) is 6.30. The molecule has 0 aliphatic carbocycles. The molecule has 0 saturated carbocycles. The zero-order valence-corrected chi connectivity index (χ0v) is 13.6. The Bertz CT molecular complexity index is 545. The summed E-state index contributed by atoms with van der Waals surface area (Å²) in [6, 6.07) is 0. The number of carboxylic acids is 1. The average Bonchev–Trinajstić information content (AvgIpc) is 2.60. The van der Waals surface area contributed by atoms with Crippen molar-refractivity contribution in [1.82, 2.24) is 15.2 Å². The van der Waals surface area contributed by atoms with Crippen LogP contribution in [0.15, 0.2) is 0 Å². The highest BCUT2D eigenvalue weighted by molar-refractivity contribution is 6.00. The van der Waals surface area contributed by atoms with Crippen LogP contribution in [0.2, 0.25) is 0 Å². The van der Waals surface area contributed by atoms with E-state index >= 15 is 0 Å². The van der Waals surface area contributed by atoms with Gasteiger partial charge in [0.05, 0.1) is 5.56 Å². The van der Waals surface area contributed by atoms with Crippen LogP contribution in [0.5, 0.6) is 0 Å². The molecular weight excluding hydrogens is 270 g/mol. The van der Waals surface area contributed by atoms with E-state index in [-0.39, 0.29) is 17.0 Å². The lowest BCUT2D eigenvalue weighted by molar-refractivity contribution is 0.0690. The fourth-order valence-electron chi connectivity index (χ4n) is 2.62. The third kappa shape index (κ3) is 4.32. The van der Waals surface area contributed by atoms with E-state index in [1.165, 1.54) is 0 Å². The number of H-pyrrole nitrogens is 1. The Balaban J connectivity index is 2.84. The molecule has 0 spiro atoms. The van der Waals surface area contributed by atoms with Gasteiger partial charge in [-0.05, 0) is 38.9 Å². The number of hydrogen-bond acceptors (Lipinski definition) is 3. The number of aryl methyl sites for hydroxylation is 1. The highest BCUT2D eigenvalue weighted by Crippen LogP contribution is 2.19. The van der Waals surface area contributed by atoms with Gasteiger partial charge in [0, 0.05) is 18.8 Å². The first kappa shape index (κ1) is 17.2. The Labute approximate surface area is 125 Å². The first-order valence-corrected chi connectivity index (χ1v) is 6.90. The van der Waals surface area contributed by atoms with Crippen LogP contribution in [0.25, 0.3) is 0 Å². The van der Waals surface area contributed by atoms with Crippen molar-refractivity contribution in [2.24, 2.45) is 5.41 Å². The van der Waals surface area contributed by atoms with Crippen molar-refractivity contribution >= 4 is 11.9 Å². The molecule has 0 atom stereocenters. The number of nitrogens with zero attached hydrogens (tertiary/aromatic N) is 1. The summed E-state index contributed by atoms with van der Waals surface area (Å²) in [6.45, 7) is 8.88. The minimum atomic E-state index is -1.05. The summed E-state index contributed by atoms with van der Waals surface area (Å²) in [5, 5.41) is 12.0. The number of rotatable bonds is 6. The van der Waals surface area contributed by atoms with Crippen molar-refractivity contribution in [2.75, 3.05) is 27.2 Å². The van der Waals surface area contributed by atoms with E-state index in [9.17, 15) is 9.59 Å². The third-order valence-electron chi connectivity index (χ3n) is 3.35. The molecule has 0 aromatic carbocycles. The lowest BCUT2D eigenvalue weighted by Gasteiger charge is -2.28. The highest BCUT2D eigenvalue weighted by atomic mass is 16.4. The maximum absolute atomic E-state index is 12.3. The molecule has 1 aromatic rings. The van der Waals surface area contributed by atoms with Crippen molar-refractivity contribution in [3.8, 4) is 0 Å². The van der Waals surface area contributed by atoms with Crippen LogP contribution in [0.3, 0.4) is 0 Å². The van der Waals surface area contributed by atoms with Crippen LogP contribution in [0.4, 0.5) is 0 Å². The molecule has 3 N–H and O–H groups in total.